The molecule has 0 saturated carbocycles. The van der Waals surface area contributed by atoms with Crippen LogP contribution in [0.3, 0.4) is 0 Å². The number of esters is 1. The van der Waals surface area contributed by atoms with Gasteiger partial charge in [0.05, 0.1) is 5.57 Å². The monoisotopic (exact) mass is 350 g/mol. The number of rotatable bonds is 3. The largest absolute Gasteiger partial charge is 0.458 e. The standard InChI is InChI=1S/C14H17F7O2/c1-8(2)6-9(11(3,4)5)10(22)23-7-12(15,13(16,17)18)14(19,20)21/h7H2,1-5H3. The number of alkyl halides is 7. The van der Waals surface area contributed by atoms with Crippen LogP contribution in [-0.2, 0) is 9.53 Å². The second-order valence-electron chi connectivity index (χ2n) is 6.12. The maximum absolute atomic E-state index is 13.4. The van der Waals surface area contributed by atoms with E-state index < -0.39 is 36.0 Å². The highest BCUT2D eigenvalue weighted by Gasteiger charge is 2.73. The molecule has 0 N–H and O–H groups in total. The molecule has 0 unspecified atom stereocenters. The second kappa shape index (κ2) is 6.55. The summed E-state index contributed by atoms with van der Waals surface area (Å²) in [6, 6.07) is 0. The van der Waals surface area contributed by atoms with E-state index in [0.717, 1.165) is 0 Å². The van der Waals surface area contributed by atoms with Crippen LogP contribution in [0.2, 0.25) is 0 Å². The van der Waals surface area contributed by atoms with Crippen LogP contribution in [0.15, 0.2) is 16.9 Å². The Bertz CT molecular complexity index is 497. The Morgan fingerprint density at radius 3 is 1.57 bits per heavy atom. The van der Waals surface area contributed by atoms with Crippen LogP contribution in [-0.4, -0.2) is 30.6 Å². The van der Waals surface area contributed by atoms with Gasteiger partial charge < -0.3 is 4.74 Å². The fraction of sp³-hybridized carbons (Fsp3) is 0.714. The van der Waals surface area contributed by atoms with E-state index in [9.17, 15) is 35.5 Å². The van der Waals surface area contributed by atoms with Crippen molar-refractivity contribution in [3.8, 4) is 0 Å². The van der Waals surface area contributed by atoms with Crippen LogP contribution in [0, 0.1) is 5.41 Å². The molecule has 2 nitrogen and oxygen atoms in total. The maximum Gasteiger partial charge on any atom is 0.435 e. The van der Waals surface area contributed by atoms with Gasteiger partial charge in [0, 0.05) is 5.41 Å². The third-order valence-electron chi connectivity index (χ3n) is 2.63. The van der Waals surface area contributed by atoms with Crippen LogP contribution in [0.25, 0.3) is 0 Å². The molecule has 0 bridgehead atoms. The van der Waals surface area contributed by atoms with Gasteiger partial charge in [0.25, 0.3) is 0 Å². The van der Waals surface area contributed by atoms with Gasteiger partial charge in [-0.05, 0) is 19.4 Å². The number of halogens is 7. The molecule has 134 valence electrons. The molecule has 0 aliphatic heterocycles. The quantitative estimate of drug-likeness (QED) is 0.313. The van der Waals surface area contributed by atoms with Gasteiger partial charge in [-0.2, -0.15) is 26.3 Å². The summed E-state index contributed by atoms with van der Waals surface area (Å²) in [5, 5.41) is 0. The SMILES string of the molecule is CC(C)=C=C(C(=O)OCC(F)(C(F)(F)F)C(F)(F)F)C(C)(C)C. The predicted octanol–water partition coefficient (Wildman–Crippen LogP) is 4.90. The highest BCUT2D eigenvalue weighted by molar-refractivity contribution is 5.89. The van der Waals surface area contributed by atoms with Crippen molar-refractivity contribution in [2.75, 3.05) is 6.61 Å². The number of hydrogen-bond acceptors (Lipinski definition) is 2. The van der Waals surface area contributed by atoms with Crippen molar-refractivity contribution in [1.82, 2.24) is 0 Å². The molecule has 0 amide bonds. The lowest BCUT2D eigenvalue weighted by molar-refractivity contribution is -0.349. The van der Waals surface area contributed by atoms with E-state index in [4.69, 9.17) is 0 Å². The zero-order valence-electron chi connectivity index (χ0n) is 13.2. The summed E-state index contributed by atoms with van der Waals surface area (Å²) in [4.78, 5) is 11.8. The third kappa shape index (κ3) is 5.27. The molecule has 0 rings (SSSR count). The fourth-order valence-corrected chi connectivity index (χ4v) is 1.36. The van der Waals surface area contributed by atoms with E-state index >= 15 is 0 Å². The Morgan fingerprint density at radius 2 is 1.30 bits per heavy atom. The Hall–Kier alpha value is -1.50. The number of carbonyl (C=O) groups is 1. The van der Waals surface area contributed by atoms with Crippen LogP contribution in [0.4, 0.5) is 30.7 Å². The van der Waals surface area contributed by atoms with Gasteiger partial charge in [0.2, 0.25) is 0 Å². The van der Waals surface area contributed by atoms with E-state index in [2.05, 4.69) is 10.5 Å². The molecule has 0 spiro atoms. The summed E-state index contributed by atoms with van der Waals surface area (Å²) in [6.45, 7) is 4.97. The summed E-state index contributed by atoms with van der Waals surface area (Å²) in [7, 11) is 0. The molecule has 0 aliphatic carbocycles. The highest BCUT2D eigenvalue weighted by Crippen LogP contribution is 2.46. The van der Waals surface area contributed by atoms with Gasteiger partial charge in [0.1, 0.15) is 6.61 Å². The van der Waals surface area contributed by atoms with Gasteiger partial charge in [0.15, 0.2) is 0 Å². The molecule has 0 aromatic carbocycles. The zero-order chi connectivity index (χ0) is 18.9. The minimum absolute atomic E-state index is 0.288. The first-order valence-electron chi connectivity index (χ1n) is 6.37. The van der Waals surface area contributed by atoms with Crippen molar-refractivity contribution >= 4 is 5.97 Å². The molecule has 0 saturated heterocycles. The lowest BCUT2D eigenvalue weighted by Gasteiger charge is -2.30. The van der Waals surface area contributed by atoms with E-state index in [1.165, 1.54) is 34.6 Å². The van der Waals surface area contributed by atoms with Crippen LogP contribution in [0.1, 0.15) is 34.6 Å². The molecule has 0 radical (unpaired) electrons. The molecule has 0 heterocycles. The zero-order valence-corrected chi connectivity index (χ0v) is 13.2. The summed E-state index contributed by atoms with van der Waals surface area (Å²) in [6.07, 6.45) is -12.5. The lowest BCUT2D eigenvalue weighted by Crippen LogP contribution is -2.56. The molecule has 0 aliphatic rings. The molecule has 0 aromatic heterocycles. The van der Waals surface area contributed by atoms with E-state index in [1.54, 1.807) is 0 Å². The van der Waals surface area contributed by atoms with Crippen molar-refractivity contribution in [2.24, 2.45) is 5.41 Å². The second-order valence-corrected chi connectivity index (χ2v) is 6.12. The lowest BCUT2D eigenvalue weighted by atomic mass is 9.86. The Kier molecular flexibility index (Phi) is 6.12. The van der Waals surface area contributed by atoms with Gasteiger partial charge in [-0.3, -0.25) is 0 Å². The van der Waals surface area contributed by atoms with Crippen LogP contribution in [0.5, 0.6) is 0 Å². The van der Waals surface area contributed by atoms with Gasteiger partial charge in [-0.25, -0.2) is 9.18 Å². The normalized spacial score (nSPS) is 13.4. The topological polar surface area (TPSA) is 26.3 Å². The molecule has 0 fully saturated rings. The van der Waals surface area contributed by atoms with Crippen molar-refractivity contribution in [3.63, 3.8) is 0 Å². The molecule has 0 aromatic rings. The summed E-state index contributed by atoms with van der Waals surface area (Å²) >= 11 is 0. The van der Waals surface area contributed by atoms with Crippen molar-refractivity contribution in [2.45, 2.75) is 52.6 Å². The summed E-state index contributed by atoms with van der Waals surface area (Å²) in [5.74, 6) is -1.49. The molecule has 23 heavy (non-hydrogen) atoms. The van der Waals surface area contributed by atoms with E-state index in [-0.39, 0.29) is 5.57 Å². The third-order valence-corrected chi connectivity index (χ3v) is 2.63. The molecule has 0 atom stereocenters. The Balaban J connectivity index is 5.60. The Morgan fingerprint density at radius 1 is 0.913 bits per heavy atom. The average Bonchev–Trinajstić information content (AvgIpc) is 2.27. The molecular formula is C14H17F7O2. The number of hydrogen-bond donors (Lipinski definition) is 0. The van der Waals surface area contributed by atoms with Crippen LogP contribution < -0.4 is 0 Å². The fourth-order valence-electron chi connectivity index (χ4n) is 1.36. The van der Waals surface area contributed by atoms with Gasteiger partial charge in [-0.1, -0.05) is 20.8 Å². The van der Waals surface area contributed by atoms with E-state index in [1.807, 2.05) is 0 Å². The summed E-state index contributed by atoms with van der Waals surface area (Å²) in [5.41, 5.74) is -3.94. The first kappa shape index (κ1) is 21.5. The van der Waals surface area contributed by atoms with E-state index in [0.29, 0.717) is 5.57 Å². The minimum atomic E-state index is -6.27. The van der Waals surface area contributed by atoms with Crippen molar-refractivity contribution in [3.05, 3.63) is 16.9 Å². The smallest absolute Gasteiger partial charge is 0.435 e. The first-order valence-corrected chi connectivity index (χ1v) is 6.37. The van der Waals surface area contributed by atoms with Gasteiger partial charge in [-0.15, -0.1) is 5.73 Å². The summed E-state index contributed by atoms with van der Waals surface area (Å²) < 4.78 is 91.7. The van der Waals surface area contributed by atoms with Crippen molar-refractivity contribution in [1.29, 1.82) is 0 Å². The Labute approximate surface area is 129 Å². The number of ether oxygens (including phenoxy) is 1. The first-order chi connectivity index (χ1) is 9.93. The van der Waals surface area contributed by atoms with Crippen molar-refractivity contribution < 1.29 is 40.3 Å². The number of carbonyl (C=O) groups excluding carboxylic acids is 1. The van der Waals surface area contributed by atoms with Crippen LogP contribution >= 0.6 is 0 Å². The average molecular weight is 350 g/mol. The maximum atomic E-state index is 13.4. The molecule has 9 heteroatoms. The molecular weight excluding hydrogens is 333 g/mol. The van der Waals surface area contributed by atoms with Gasteiger partial charge >= 0.3 is 24.0 Å². The highest BCUT2D eigenvalue weighted by atomic mass is 19.4. The predicted molar refractivity (Wildman–Crippen MR) is 68.3 cm³/mol. The minimum Gasteiger partial charge on any atom is -0.458 e.